The molecule has 114 valence electrons. The van der Waals surface area contributed by atoms with Gasteiger partial charge in [0.25, 0.3) is 0 Å². The van der Waals surface area contributed by atoms with Crippen molar-refractivity contribution >= 4 is 11.8 Å². The number of nitrogens with one attached hydrogen (secondary N) is 1. The van der Waals surface area contributed by atoms with Crippen molar-refractivity contribution in [3.63, 3.8) is 0 Å². The number of hydrogen-bond donors (Lipinski definition) is 1. The van der Waals surface area contributed by atoms with Crippen molar-refractivity contribution in [3.05, 3.63) is 0 Å². The van der Waals surface area contributed by atoms with Crippen LogP contribution in [0.2, 0.25) is 0 Å². The van der Waals surface area contributed by atoms with Crippen molar-refractivity contribution in [3.8, 4) is 0 Å². The second kappa shape index (κ2) is 7.09. The highest BCUT2D eigenvalue weighted by molar-refractivity contribution is 5.97. The van der Waals surface area contributed by atoms with E-state index in [0.29, 0.717) is 12.3 Å². The van der Waals surface area contributed by atoms with Gasteiger partial charge >= 0.3 is 0 Å². The van der Waals surface area contributed by atoms with E-state index in [1.165, 1.54) is 19.3 Å². The maximum absolute atomic E-state index is 12.6. The van der Waals surface area contributed by atoms with Gasteiger partial charge in [0.2, 0.25) is 11.8 Å². The van der Waals surface area contributed by atoms with Crippen LogP contribution in [0.5, 0.6) is 0 Å². The van der Waals surface area contributed by atoms with Crippen LogP contribution in [0.3, 0.4) is 0 Å². The standard InChI is InChI=1S/C16H28N2O2/c1-3-5-6-7-8-11-18-13(4-2)15(19)17-14(16(18)20)12-9-10-12/h12-14H,3-11H2,1-2H3,(H,17,19). The second-order valence-corrected chi connectivity index (χ2v) is 6.19. The monoisotopic (exact) mass is 280 g/mol. The fourth-order valence-electron chi connectivity index (χ4n) is 3.09. The molecule has 0 spiro atoms. The maximum Gasteiger partial charge on any atom is 0.246 e. The molecule has 0 aromatic carbocycles. The maximum atomic E-state index is 12.6. The zero-order valence-electron chi connectivity index (χ0n) is 12.9. The molecule has 1 N–H and O–H groups in total. The largest absolute Gasteiger partial charge is 0.342 e. The van der Waals surface area contributed by atoms with E-state index in [-0.39, 0.29) is 23.9 Å². The molecule has 0 bridgehead atoms. The molecule has 1 heterocycles. The van der Waals surface area contributed by atoms with E-state index in [1.807, 2.05) is 11.8 Å². The van der Waals surface area contributed by atoms with Crippen LogP contribution in [-0.4, -0.2) is 35.3 Å². The van der Waals surface area contributed by atoms with Crippen LogP contribution in [0.4, 0.5) is 0 Å². The first kappa shape index (κ1) is 15.3. The molecule has 0 radical (unpaired) electrons. The first-order valence-corrected chi connectivity index (χ1v) is 8.29. The van der Waals surface area contributed by atoms with Gasteiger partial charge in [-0.2, -0.15) is 0 Å². The van der Waals surface area contributed by atoms with Crippen LogP contribution in [-0.2, 0) is 9.59 Å². The van der Waals surface area contributed by atoms with Crippen LogP contribution in [0.15, 0.2) is 0 Å². The van der Waals surface area contributed by atoms with Crippen LogP contribution in [0.25, 0.3) is 0 Å². The predicted molar refractivity (Wildman–Crippen MR) is 79.2 cm³/mol. The molecule has 1 saturated carbocycles. The minimum Gasteiger partial charge on any atom is -0.342 e. The van der Waals surface area contributed by atoms with E-state index in [4.69, 9.17) is 0 Å². The summed E-state index contributed by atoms with van der Waals surface area (Å²) < 4.78 is 0. The Labute approximate surface area is 122 Å². The van der Waals surface area contributed by atoms with Gasteiger partial charge in [-0.3, -0.25) is 9.59 Å². The number of hydrogen-bond acceptors (Lipinski definition) is 2. The summed E-state index contributed by atoms with van der Waals surface area (Å²) in [6.45, 7) is 4.93. The molecule has 2 unspecified atom stereocenters. The molecule has 2 fully saturated rings. The molecule has 4 nitrogen and oxygen atoms in total. The topological polar surface area (TPSA) is 49.4 Å². The van der Waals surface area contributed by atoms with Crippen LogP contribution in [0.1, 0.15) is 65.2 Å². The molecule has 1 aliphatic carbocycles. The minimum absolute atomic E-state index is 0.0533. The van der Waals surface area contributed by atoms with Gasteiger partial charge in [0, 0.05) is 6.54 Å². The van der Waals surface area contributed by atoms with E-state index < -0.39 is 0 Å². The van der Waals surface area contributed by atoms with Gasteiger partial charge in [-0.05, 0) is 31.6 Å². The number of nitrogens with zero attached hydrogens (tertiary/aromatic N) is 1. The summed E-state index contributed by atoms with van der Waals surface area (Å²) in [5, 5.41) is 2.94. The van der Waals surface area contributed by atoms with Gasteiger partial charge in [0.1, 0.15) is 12.1 Å². The average molecular weight is 280 g/mol. The third-order valence-electron chi connectivity index (χ3n) is 4.51. The van der Waals surface area contributed by atoms with Crippen LogP contribution >= 0.6 is 0 Å². The summed E-state index contributed by atoms with van der Waals surface area (Å²) in [6, 6.07) is -0.482. The van der Waals surface area contributed by atoms with Gasteiger partial charge in [-0.1, -0.05) is 39.5 Å². The van der Waals surface area contributed by atoms with E-state index in [2.05, 4.69) is 12.2 Å². The summed E-state index contributed by atoms with van der Waals surface area (Å²) in [4.78, 5) is 26.6. The normalized spacial score (nSPS) is 26.8. The zero-order valence-corrected chi connectivity index (χ0v) is 12.9. The first-order chi connectivity index (χ1) is 9.69. The lowest BCUT2D eigenvalue weighted by Crippen LogP contribution is -2.63. The quantitative estimate of drug-likeness (QED) is 0.694. The zero-order chi connectivity index (χ0) is 14.5. The van der Waals surface area contributed by atoms with Crippen molar-refractivity contribution < 1.29 is 9.59 Å². The van der Waals surface area contributed by atoms with Crippen LogP contribution in [0, 0.1) is 5.92 Å². The third-order valence-corrected chi connectivity index (χ3v) is 4.51. The SMILES string of the molecule is CCCCCCCN1C(=O)C(C2CC2)NC(=O)C1CC. The molecule has 0 aromatic heterocycles. The Morgan fingerprint density at radius 1 is 1.10 bits per heavy atom. The Morgan fingerprint density at radius 2 is 1.80 bits per heavy atom. The van der Waals surface area contributed by atoms with Gasteiger partial charge in [-0.25, -0.2) is 0 Å². The Bertz CT molecular complexity index is 352. The summed E-state index contributed by atoms with van der Waals surface area (Å²) >= 11 is 0. The van der Waals surface area contributed by atoms with Gasteiger partial charge < -0.3 is 10.2 Å². The molecule has 2 atom stereocenters. The van der Waals surface area contributed by atoms with Crippen molar-refractivity contribution in [2.24, 2.45) is 5.92 Å². The van der Waals surface area contributed by atoms with Crippen molar-refractivity contribution in [1.29, 1.82) is 0 Å². The van der Waals surface area contributed by atoms with E-state index in [0.717, 1.165) is 32.2 Å². The number of carbonyl (C=O) groups excluding carboxylic acids is 2. The lowest BCUT2D eigenvalue weighted by atomic mass is 10.0. The Balaban J connectivity index is 1.90. The third kappa shape index (κ3) is 3.53. The Kier molecular flexibility index (Phi) is 5.44. The van der Waals surface area contributed by atoms with Crippen LogP contribution < -0.4 is 5.32 Å². The van der Waals surface area contributed by atoms with Crippen molar-refractivity contribution in [1.82, 2.24) is 10.2 Å². The molecule has 2 amide bonds. The molecule has 4 heteroatoms. The van der Waals surface area contributed by atoms with Gasteiger partial charge in [0.05, 0.1) is 0 Å². The smallest absolute Gasteiger partial charge is 0.246 e. The lowest BCUT2D eigenvalue weighted by Gasteiger charge is -2.39. The number of unbranched alkanes of at least 4 members (excludes halogenated alkanes) is 4. The molecule has 1 aliphatic heterocycles. The van der Waals surface area contributed by atoms with Crippen molar-refractivity contribution in [2.45, 2.75) is 77.3 Å². The fourth-order valence-corrected chi connectivity index (χ4v) is 3.09. The summed E-state index contributed by atoms with van der Waals surface area (Å²) in [7, 11) is 0. The molecule has 20 heavy (non-hydrogen) atoms. The Hall–Kier alpha value is -1.06. The van der Waals surface area contributed by atoms with Gasteiger partial charge in [0.15, 0.2) is 0 Å². The number of carbonyl (C=O) groups is 2. The number of piperazine rings is 1. The Morgan fingerprint density at radius 3 is 2.40 bits per heavy atom. The summed E-state index contributed by atoms with van der Waals surface area (Å²) in [6.07, 6.45) is 8.77. The molecule has 0 aromatic rings. The highest BCUT2D eigenvalue weighted by atomic mass is 16.2. The van der Waals surface area contributed by atoms with Crippen molar-refractivity contribution in [2.75, 3.05) is 6.54 Å². The molecular formula is C16H28N2O2. The average Bonchev–Trinajstić information content (AvgIpc) is 3.26. The molecule has 2 aliphatic rings. The lowest BCUT2D eigenvalue weighted by molar-refractivity contribution is -0.150. The highest BCUT2D eigenvalue weighted by Crippen LogP contribution is 2.35. The van der Waals surface area contributed by atoms with E-state index >= 15 is 0 Å². The van der Waals surface area contributed by atoms with E-state index in [1.54, 1.807) is 0 Å². The second-order valence-electron chi connectivity index (χ2n) is 6.19. The number of amides is 2. The predicted octanol–water partition coefficient (Wildman–Crippen LogP) is 2.47. The van der Waals surface area contributed by atoms with E-state index in [9.17, 15) is 9.59 Å². The van der Waals surface area contributed by atoms with Gasteiger partial charge in [-0.15, -0.1) is 0 Å². The first-order valence-electron chi connectivity index (χ1n) is 8.29. The summed E-state index contributed by atoms with van der Waals surface area (Å²) in [5.74, 6) is 0.610. The molecule has 2 rings (SSSR count). The molecular weight excluding hydrogens is 252 g/mol. The number of rotatable bonds is 8. The fraction of sp³-hybridized carbons (Fsp3) is 0.875. The summed E-state index contributed by atoms with van der Waals surface area (Å²) in [5.41, 5.74) is 0. The molecule has 1 saturated heterocycles. The highest BCUT2D eigenvalue weighted by Gasteiger charge is 2.45. The minimum atomic E-state index is -0.247.